The number of halogens is 3. The Morgan fingerprint density at radius 2 is 1.50 bits per heavy atom. The highest BCUT2D eigenvalue weighted by molar-refractivity contribution is 5.77. The van der Waals surface area contributed by atoms with Crippen LogP contribution in [0, 0.1) is 5.92 Å². The molecular weight excluding hydrogens is 471 g/mol. The largest absolute Gasteiger partial charge is 0.391 e. The van der Waals surface area contributed by atoms with E-state index in [1.165, 1.54) is 0 Å². The number of rotatable bonds is 7. The van der Waals surface area contributed by atoms with Crippen LogP contribution in [0.1, 0.15) is 18.4 Å². The van der Waals surface area contributed by atoms with E-state index in [4.69, 9.17) is 0 Å². The number of benzene rings is 2. The van der Waals surface area contributed by atoms with Gasteiger partial charge >= 0.3 is 6.18 Å². The Labute approximate surface area is 210 Å². The molecule has 2 fully saturated rings. The Bertz CT molecular complexity index is 984. The minimum atomic E-state index is -4.11. The summed E-state index contributed by atoms with van der Waals surface area (Å²) in [6.45, 7) is 4.58. The first kappa shape index (κ1) is 26.2. The lowest BCUT2D eigenvalue weighted by Crippen LogP contribution is -2.48. The summed E-state index contributed by atoms with van der Waals surface area (Å²) < 4.78 is 38.7. The maximum Gasteiger partial charge on any atom is 0.391 e. The number of likely N-dealkylation sites (N-methyl/N-ethyl adjacent to an activating group) is 1. The van der Waals surface area contributed by atoms with Crippen molar-refractivity contribution in [2.45, 2.75) is 25.6 Å². The van der Waals surface area contributed by atoms with Gasteiger partial charge < -0.3 is 15.1 Å². The summed E-state index contributed by atoms with van der Waals surface area (Å²) in [5.41, 5.74) is 3.45. The van der Waals surface area contributed by atoms with Crippen LogP contribution in [-0.4, -0.2) is 85.0 Å². The van der Waals surface area contributed by atoms with Gasteiger partial charge in [-0.25, -0.2) is 5.06 Å². The molecule has 1 amide bonds. The maximum atomic E-state index is 12.9. The van der Waals surface area contributed by atoms with Crippen molar-refractivity contribution in [1.82, 2.24) is 14.9 Å². The number of alkyl halides is 3. The molecule has 2 saturated heterocycles. The number of carbonyl (C=O) groups excluding carboxylic acids is 1. The van der Waals surface area contributed by atoms with E-state index >= 15 is 0 Å². The number of anilines is 3. The molecular formula is C26H34F3N5O2. The van der Waals surface area contributed by atoms with Crippen LogP contribution in [0.25, 0.3) is 0 Å². The van der Waals surface area contributed by atoms with Crippen LogP contribution < -0.4 is 10.2 Å². The molecule has 2 aliphatic rings. The van der Waals surface area contributed by atoms with Crippen molar-refractivity contribution in [2.75, 3.05) is 63.1 Å². The fourth-order valence-electron chi connectivity index (χ4n) is 4.62. The third-order valence-electron chi connectivity index (χ3n) is 7.01. The zero-order valence-electron chi connectivity index (χ0n) is 20.5. The lowest BCUT2D eigenvalue weighted by Gasteiger charge is -2.34. The quantitative estimate of drug-likeness (QED) is 0.435. The number of piperidine rings is 1. The summed E-state index contributed by atoms with van der Waals surface area (Å²) in [6, 6.07) is 15.1. The van der Waals surface area contributed by atoms with Crippen molar-refractivity contribution >= 4 is 23.0 Å². The average molecular weight is 506 g/mol. The molecule has 0 bridgehead atoms. The fourth-order valence-corrected chi connectivity index (χ4v) is 4.62. The van der Waals surface area contributed by atoms with Crippen LogP contribution in [0.15, 0.2) is 48.5 Å². The summed E-state index contributed by atoms with van der Waals surface area (Å²) in [7, 11) is 2.05. The molecule has 10 heteroatoms. The van der Waals surface area contributed by atoms with E-state index in [1.807, 2.05) is 58.3 Å². The molecule has 2 aromatic carbocycles. The smallest absolute Gasteiger partial charge is 0.372 e. The molecule has 0 aliphatic carbocycles. The summed E-state index contributed by atoms with van der Waals surface area (Å²) in [5.74, 6) is -1.52. The first-order valence-corrected chi connectivity index (χ1v) is 12.4. The highest BCUT2D eigenvalue weighted by atomic mass is 19.4. The zero-order valence-corrected chi connectivity index (χ0v) is 20.5. The molecule has 0 spiro atoms. The molecule has 0 aromatic heterocycles. The number of nitrogens with zero attached hydrogens (tertiary/aromatic N) is 4. The number of carbonyl (C=O) groups is 1. The average Bonchev–Trinajstić information content (AvgIpc) is 2.86. The number of hydroxylamine groups is 2. The van der Waals surface area contributed by atoms with Gasteiger partial charge in [-0.15, -0.1) is 0 Å². The van der Waals surface area contributed by atoms with E-state index in [1.54, 1.807) is 0 Å². The highest BCUT2D eigenvalue weighted by Crippen LogP contribution is 2.35. The van der Waals surface area contributed by atoms with Gasteiger partial charge in [0.05, 0.1) is 19.0 Å². The van der Waals surface area contributed by atoms with Crippen molar-refractivity contribution in [3.63, 3.8) is 0 Å². The predicted molar refractivity (Wildman–Crippen MR) is 133 cm³/mol. The molecule has 0 saturated carbocycles. The van der Waals surface area contributed by atoms with Crippen LogP contribution in [0.4, 0.5) is 30.2 Å². The SMILES string of the molecule is CN1CCN(CC(=O)N(O)Cc2ccc(Nc3ccc(N4CCC(C(F)(F)F)CC4)cc3)cc2)CC1. The minimum absolute atomic E-state index is 0.118. The number of hydrogen-bond donors (Lipinski definition) is 2. The monoisotopic (exact) mass is 505 g/mol. The van der Waals surface area contributed by atoms with Gasteiger partial charge in [0.1, 0.15) is 0 Å². The van der Waals surface area contributed by atoms with Gasteiger partial charge in [-0.05, 0) is 61.9 Å². The van der Waals surface area contributed by atoms with Gasteiger partial charge in [0.15, 0.2) is 0 Å². The molecule has 0 unspecified atom stereocenters. The number of nitrogens with one attached hydrogen (secondary N) is 1. The molecule has 2 aliphatic heterocycles. The van der Waals surface area contributed by atoms with Gasteiger partial charge in [-0.2, -0.15) is 13.2 Å². The summed E-state index contributed by atoms with van der Waals surface area (Å²) >= 11 is 0. The third kappa shape index (κ3) is 7.11. The van der Waals surface area contributed by atoms with Crippen molar-refractivity contribution < 1.29 is 23.2 Å². The number of hydrogen-bond acceptors (Lipinski definition) is 6. The predicted octanol–water partition coefficient (Wildman–Crippen LogP) is 4.17. The van der Waals surface area contributed by atoms with Crippen LogP contribution in [-0.2, 0) is 11.3 Å². The van der Waals surface area contributed by atoms with Gasteiger partial charge in [0.25, 0.3) is 5.91 Å². The molecule has 196 valence electrons. The summed E-state index contributed by atoms with van der Waals surface area (Å²) in [5, 5.41) is 14.3. The Morgan fingerprint density at radius 3 is 2.06 bits per heavy atom. The highest BCUT2D eigenvalue weighted by Gasteiger charge is 2.41. The van der Waals surface area contributed by atoms with E-state index in [0.717, 1.165) is 53.9 Å². The van der Waals surface area contributed by atoms with Crippen LogP contribution in [0.5, 0.6) is 0 Å². The second-order valence-electron chi connectivity index (χ2n) is 9.70. The van der Waals surface area contributed by atoms with E-state index in [0.29, 0.717) is 13.1 Å². The van der Waals surface area contributed by atoms with Crippen molar-refractivity contribution in [3.8, 4) is 0 Å². The van der Waals surface area contributed by atoms with Crippen molar-refractivity contribution in [2.24, 2.45) is 5.92 Å². The molecule has 2 heterocycles. The van der Waals surface area contributed by atoms with Gasteiger partial charge in [0, 0.05) is 56.3 Å². The van der Waals surface area contributed by atoms with E-state index in [9.17, 15) is 23.2 Å². The molecule has 0 radical (unpaired) electrons. The van der Waals surface area contributed by atoms with Crippen molar-refractivity contribution in [3.05, 3.63) is 54.1 Å². The standard InChI is InChI=1S/C26H34F3N5O2/c1-31-14-16-32(17-15-31)19-25(35)34(36)18-20-2-4-22(5-3-20)30-23-6-8-24(9-7-23)33-12-10-21(11-13-33)26(27,28)29/h2-9,21,30,36H,10-19H2,1H3. The normalized spacial score (nSPS) is 18.3. The molecule has 2 N–H and O–H groups in total. The lowest BCUT2D eigenvalue weighted by atomic mass is 9.96. The molecule has 36 heavy (non-hydrogen) atoms. The molecule has 2 aromatic rings. The number of piperazine rings is 1. The van der Waals surface area contributed by atoms with Crippen LogP contribution in [0.3, 0.4) is 0 Å². The van der Waals surface area contributed by atoms with Crippen LogP contribution in [0.2, 0.25) is 0 Å². The first-order valence-electron chi connectivity index (χ1n) is 12.4. The zero-order chi connectivity index (χ0) is 25.7. The van der Waals surface area contributed by atoms with Gasteiger partial charge in [-0.1, -0.05) is 12.1 Å². The Kier molecular flexibility index (Phi) is 8.38. The van der Waals surface area contributed by atoms with Crippen molar-refractivity contribution in [1.29, 1.82) is 0 Å². The molecule has 0 atom stereocenters. The van der Waals surface area contributed by atoms with Crippen LogP contribution >= 0.6 is 0 Å². The van der Waals surface area contributed by atoms with E-state index in [-0.39, 0.29) is 31.8 Å². The molecule has 4 rings (SSSR count). The topological polar surface area (TPSA) is 62.3 Å². The Hall–Kier alpha value is -2.82. The Balaban J connectivity index is 1.24. The van der Waals surface area contributed by atoms with Gasteiger partial charge in [-0.3, -0.25) is 14.9 Å². The van der Waals surface area contributed by atoms with E-state index in [2.05, 4.69) is 17.3 Å². The maximum absolute atomic E-state index is 12.9. The summed E-state index contributed by atoms with van der Waals surface area (Å²) in [6.07, 6.45) is -3.85. The number of amides is 1. The minimum Gasteiger partial charge on any atom is -0.372 e. The lowest BCUT2D eigenvalue weighted by molar-refractivity contribution is -0.179. The first-order chi connectivity index (χ1) is 17.2. The summed E-state index contributed by atoms with van der Waals surface area (Å²) in [4.78, 5) is 18.6. The fraction of sp³-hybridized carbons (Fsp3) is 0.500. The van der Waals surface area contributed by atoms with Gasteiger partial charge in [0.2, 0.25) is 0 Å². The third-order valence-corrected chi connectivity index (χ3v) is 7.01. The van der Waals surface area contributed by atoms with E-state index < -0.39 is 12.1 Å². The molecule has 7 nitrogen and oxygen atoms in total. The second-order valence-corrected chi connectivity index (χ2v) is 9.70. The Morgan fingerprint density at radius 1 is 0.944 bits per heavy atom. The second kappa shape index (κ2) is 11.5.